The second kappa shape index (κ2) is 5.21. The van der Waals surface area contributed by atoms with E-state index in [1.165, 1.54) is 4.90 Å². The highest BCUT2D eigenvalue weighted by molar-refractivity contribution is 6.38. The predicted molar refractivity (Wildman–Crippen MR) is 85.6 cm³/mol. The standard InChI is InChI=1S/C17H27N3O3/c1-5-18-6-7-19(14(22)13(18)21)15(23)20-11-17(4)9-12(20)8-16(2,3)10-17/h12H,5-11H2,1-4H3. The van der Waals surface area contributed by atoms with Gasteiger partial charge in [0.05, 0.1) is 0 Å². The summed E-state index contributed by atoms with van der Waals surface area (Å²) in [6, 6.07) is -0.0890. The number of nitrogens with zero attached hydrogens (tertiary/aromatic N) is 3. The number of hydrogen-bond acceptors (Lipinski definition) is 3. The van der Waals surface area contributed by atoms with Crippen LogP contribution in [0.2, 0.25) is 0 Å². The van der Waals surface area contributed by atoms with Crippen LogP contribution in [-0.4, -0.2) is 64.8 Å². The minimum Gasteiger partial charge on any atom is -0.333 e. The minimum absolute atomic E-state index is 0.125. The topological polar surface area (TPSA) is 60.9 Å². The molecule has 2 saturated heterocycles. The van der Waals surface area contributed by atoms with Gasteiger partial charge >= 0.3 is 17.8 Å². The SMILES string of the molecule is CCN1CCN(C(=O)N2CC3(C)CC2CC(C)(C)C3)C(=O)C1=O. The fourth-order valence-electron chi connectivity index (χ4n) is 5.00. The Morgan fingerprint density at radius 1 is 1.13 bits per heavy atom. The average Bonchev–Trinajstić information content (AvgIpc) is 2.70. The molecule has 23 heavy (non-hydrogen) atoms. The number of hydrogen-bond donors (Lipinski definition) is 0. The Bertz CT molecular complexity index is 559. The maximum Gasteiger partial charge on any atom is 0.327 e. The molecule has 6 nitrogen and oxygen atoms in total. The van der Waals surface area contributed by atoms with Gasteiger partial charge in [0.15, 0.2) is 0 Å². The summed E-state index contributed by atoms with van der Waals surface area (Å²) >= 11 is 0. The Morgan fingerprint density at radius 3 is 2.48 bits per heavy atom. The number of fused-ring (bicyclic) bond motifs is 2. The molecule has 1 saturated carbocycles. The zero-order valence-electron chi connectivity index (χ0n) is 14.6. The second-order valence-corrected chi connectivity index (χ2v) is 8.47. The molecule has 0 radical (unpaired) electrons. The van der Waals surface area contributed by atoms with Crippen molar-refractivity contribution in [3.63, 3.8) is 0 Å². The first-order chi connectivity index (χ1) is 10.7. The fraction of sp³-hybridized carbons (Fsp3) is 0.824. The molecule has 3 rings (SSSR count). The van der Waals surface area contributed by atoms with E-state index in [9.17, 15) is 14.4 Å². The largest absolute Gasteiger partial charge is 0.333 e. The van der Waals surface area contributed by atoms with E-state index in [2.05, 4.69) is 20.8 Å². The number of urea groups is 1. The van der Waals surface area contributed by atoms with E-state index in [1.807, 2.05) is 11.8 Å². The third kappa shape index (κ3) is 2.72. The second-order valence-electron chi connectivity index (χ2n) is 8.47. The quantitative estimate of drug-likeness (QED) is 0.691. The number of rotatable bonds is 1. The van der Waals surface area contributed by atoms with E-state index < -0.39 is 11.8 Å². The highest BCUT2D eigenvalue weighted by Crippen LogP contribution is 2.52. The molecular weight excluding hydrogens is 294 g/mol. The summed E-state index contributed by atoms with van der Waals surface area (Å²) in [5, 5.41) is 0. The summed E-state index contributed by atoms with van der Waals surface area (Å²) in [6.45, 7) is 10.5. The Morgan fingerprint density at radius 2 is 1.83 bits per heavy atom. The molecule has 1 aliphatic carbocycles. The summed E-state index contributed by atoms with van der Waals surface area (Å²) in [5.41, 5.74) is 0.341. The lowest BCUT2D eigenvalue weighted by Gasteiger charge is -2.40. The summed E-state index contributed by atoms with van der Waals surface area (Å²) in [4.78, 5) is 41.7. The first-order valence-corrected chi connectivity index (χ1v) is 8.57. The number of amides is 4. The van der Waals surface area contributed by atoms with Crippen molar-refractivity contribution in [3.05, 3.63) is 0 Å². The van der Waals surface area contributed by atoms with Crippen LogP contribution in [0.3, 0.4) is 0 Å². The van der Waals surface area contributed by atoms with Crippen molar-refractivity contribution >= 4 is 17.8 Å². The Hall–Kier alpha value is -1.59. The average molecular weight is 321 g/mol. The Balaban J connectivity index is 1.77. The Labute approximate surface area is 137 Å². The van der Waals surface area contributed by atoms with E-state index in [1.54, 1.807) is 0 Å². The molecule has 4 amide bonds. The zero-order chi connectivity index (χ0) is 17.0. The van der Waals surface area contributed by atoms with Crippen molar-refractivity contribution in [2.24, 2.45) is 10.8 Å². The summed E-state index contributed by atoms with van der Waals surface area (Å²) in [5.74, 6) is -1.23. The van der Waals surface area contributed by atoms with Gasteiger partial charge in [-0.1, -0.05) is 20.8 Å². The van der Waals surface area contributed by atoms with Gasteiger partial charge < -0.3 is 9.80 Å². The smallest absolute Gasteiger partial charge is 0.327 e. The molecule has 0 aromatic carbocycles. The molecule has 2 heterocycles. The molecule has 3 fully saturated rings. The molecular formula is C17H27N3O3. The zero-order valence-corrected chi connectivity index (χ0v) is 14.6. The van der Waals surface area contributed by atoms with Crippen molar-refractivity contribution < 1.29 is 14.4 Å². The molecule has 0 N–H and O–H groups in total. The molecule has 3 aliphatic rings. The van der Waals surface area contributed by atoms with Gasteiger partial charge in [-0.05, 0) is 37.0 Å². The first kappa shape index (κ1) is 16.3. The number of likely N-dealkylation sites (tertiary alicyclic amines) is 1. The van der Waals surface area contributed by atoms with Gasteiger partial charge in [-0.15, -0.1) is 0 Å². The predicted octanol–water partition coefficient (Wildman–Crippen LogP) is 1.70. The van der Waals surface area contributed by atoms with Crippen LogP contribution < -0.4 is 0 Å². The van der Waals surface area contributed by atoms with Gasteiger partial charge in [0.1, 0.15) is 0 Å². The number of piperazine rings is 1. The van der Waals surface area contributed by atoms with Crippen LogP contribution >= 0.6 is 0 Å². The van der Waals surface area contributed by atoms with Crippen LogP contribution in [0.1, 0.15) is 47.0 Å². The molecule has 2 aliphatic heterocycles. The summed E-state index contributed by atoms with van der Waals surface area (Å²) < 4.78 is 0. The molecule has 0 spiro atoms. The van der Waals surface area contributed by atoms with Crippen LogP contribution in [-0.2, 0) is 9.59 Å². The van der Waals surface area contributed by atoms with Crippen molar-refractivity contribution in [1.82, 2.24) is 14.7 Å². The van der Waals surface area contributed by atoms with Crippen LogP contribution in [0.5, 0.6) is 0 Å². The highest BCUT2D eigenvalue weighted by Gasteiger charge is 2.52. The van der Waals surface area contributed by atoms with E-state index in [-0.39, 0.29) is 22.9 Å². The van der Waals surface area contributed by atoms with E-state index >= 15 is 0 Å². The van der Waals surface area contributed by atoms with Gasteiger partial charge in [0, 0.05) is 32.2 Å². The lowest BCUT2D eigenvalue weighted by molar-refractivity contribution is -0.153. The van der Waals surface area contributed by atoms with Gasteiger partial charge in [-0.3, -0.25) is 14.5 Å². The third-order valence-corrected chi connectivity index (χ3v) is 5.58. The summed E-state index contributed by atoms with van der Waals surface area (Å²) in [6.07, 6.45) is 3.06. The fourth-order valence-corrected chi connectivity index (χ4v) is 5.00. The Kier molecular flexibility index (Phi) is 3.69. The van der Waals surface area contributed by atoms with Gasteiger partial charge in [-0.25, -0.2) is 4.79 Å². The van der Waals surface area contributed by atoms with Gasteiger partial charge in [-0.2, -0.15) is 0 Å². The molecule has 2 bridgehead atoms. The molecule has 2 atom stereocenters. The number of carbonyl (C=O) groups is 3. The van der Waals surface area contributed by atoms with Crippen molar-refractivity contribution in [1.29, 1.82) is 0 Å². The maximum atomic E-state index is 12.9. The first-order valence-electron chi connectivity index (χ1n) is 8.57. The van der Waals surface area contributed by atoms with Crippen LogP contribution in [0, 0.1) is 10.8 Å². The van der Waals surface area contributed by atoms with E-state index in [0.29, 0.717) is 26.2 Å². The molecule has 0 aromatic heterocycles. The molecule has 128 valence electrons. The highest BCUT2D eigenvalue weighted by atomic mass is 16.2. The molecule has 2 unspecified atom stereocenters. The third-order valence-electron chi connectivity index (χ3n) is 5.58. The van der Waals surface area contributed by atoms with E-state index in [4.69, 9.17) is 0 Å². The van der Waals surface area contributed by atoms with Crippen LogP contribution in [0.4, 0.5) is 4.79 Å². The lowest BCUT2D eigenvalue weighted by Crippen LogP contribution is -2.59. The van der Waals surface area contributed by atoms with E-state index in [0.717, 1.165) is 24.2 Å². The normalized spacial score (nSPS) is 33.4. The van der Waals surface area contributed by atoms with Crippen molar-refractivity contribution in [2.45, 2.75) is 53.0 Å². The van der Waals surface area contributed by atoms with Crippen LogP contribution in [0.25, 0.3) is 0 Å². The minimum atomic E-state index is -0.672. The number of likely N-dealkylation sites (N-methyl/N-ethyl adjacent to an activating group) is 1. The van der Waals surface area contributed by atoms with Gasteiger partial charge in [0.2, 0.25) is 0 Å². The number of imide groups is 1. The molecule has 0 aromatic rings. The van der Waals surface area contributed by atoms with Crippen LogP contribution in [0.15, 0.2) is 0 Å². The monoisotopic (exact) mass is 321 g/mol. The maximum absolute atomic E-state index is 12.9. The van der Waals surface area contributed by atoms with Crippen molar-refractivity contribution in [2.75, 3.05) is 26.2 Å². The van der Waals surface area contributed by atoms with Crippen molar-refractivity contribution in [3.8, 4) is 0 Å². The number of carbonyl (C=O) groups excluding carboxylic acids is 3. The van der Waals surface area contributed by atoms with Gasteiger partial charge in [0.25, 0.3) is 0 Å². The lowest BCUT2D eigenvalue weighted by atomic mass is 9.65. The molecule has 6 heteroatoms. The summed E-state index contributed by atoms with van der Waals surface area (Å²) in [7, 11) is 0.